The molecule has 0 aromatic carbocycles. The number of ether oxygens (including phenoxy) is 1. The number of carbonyl (C=O) groups is 1. The number of aromatic nitrogens is 4. The van der Waals surface area contributed by atoms with Gasteiger partial charge in [0, 0.05) is 30.1 Å². The third kappa shape index (κ3) is 3.53. The maximum Gasteiger partial charge on any atom is 0.257 e. The monoisotopic (exact) mass is 442 g/mol. The van der Waals surface area contributed by atoms with Gasteiger partial charge in [-0.25, -0.2) is 23.3 Å². The molecule has 10 heteroatoms. The van der Waals surface area contributed by atoms with Crippen LogP contribution in [0, 0.1) is 18.2 Å². The summed E-state index contributed by atoms with van der Waals surface area (Å²) in [6.07, 6.45) is 1.81. The van der Waals surface area contributed by atoms with E-state index < -0.39 is 23.4 Å². The third-order valence-corrected chi connectivity index (χ3v) is 5.95. The summed E-state index contributed by atoms with van der Waals surface area (Å²) in [6.45, 7) is 6.30. The molecule has 2 atom stereocenters. The molecule has 1 saturated heterocycles. The Hall–Kier alpha value is -3.30. The Morgan fingerprint density at radius 2 is 2.16 bits per heavy atom. The van der Waals surface area contributed by atoms with Crippen LogP contribution in [0.4, 0.5) is 14.6 Å². The number of pyridine rings is 1. The Balaban J connectivity index is 1.70. The molecule has 1 fully saturated rings. The van der Waals surface area contributed by atoms with Gasteiger partial charge in [-0.1, -0.05) is 13.8 Å². The maximum absolute atomic E-state index is 14.6. The largest absolute Gasteiger partial charge is 0.477 e. The molecule has 2 bridgehead atoms. The SMILES string of the molecule is Cc1nn2ccc3nc2c1C(=O)NCC(C)(C)COc1ncc(F)cc1[C@H]1C[C@H](F)CN31. The van der Waals surface area contributed by atoms with E-state index in [1.54, 1.807) is 28.6 Å². The lowest BCUT2D eigenvalue weighted by Crippen LogP contribution is -2.38. The Morgan fingerprint density at radius 3 is 2.97 bits per heavy atom. The minimum atomic E-state index is -1.13. The van der Waals surface area contributed by atoms with Crippen molar-refractivity contribution in [3.05, 3.63) is 47.2 Å². The summed E-state index contributed by atoms with van der Waals surface area (Å²) >= 11 is 0. The number of fused-ring (bicyclic) bond motifs is 5. The standard InChI is InChI=1S/C22H24F2N6O2/c1-12-18-19-27-17(4-5-30(19)28-12)29-9-14(24)7-16(29)15-6-13(23)8-25-21(15)32-11-22(2,3)10-26-20(18)31/h4-6,8,14,16H,7,9-11H2,1-3H3,(H,26,31)/t14-,16+/m0/s1. The van der Waals surface area contributed by atoms with Crippen LogP contribution in [0.25, 0.3) is 5.65 Å². The fourth-order valence-electron chi connectivity index (χ4n) is 4.31. The molecule has 1 amide bonds. The molecule has 0 spiro atoms. The molecule has 32 heavy (non-hydrogen) atoms. The molecule has 0 unspecified atom stereocenters. The summed E-state index contributed by atoms with van der Waals surface area (Å²) in [5.74, 6) is -0.0632. The highest BCUT2D eigenvalue weighted by molar-refractivity contribution is 6.01. The van der Waals surface area contributed by atoms with Crippen molar-refractivity contribution in [3.63, 3.8) is 0 Å². The second kappa shape index (κ2) is 7.39. The number of nitrogens with zero attached hydrogens (tertiary/aromatic N) is 5. The summed E-state index contributed by atoms with van der Waals surface area (Å²) in [7, 11) is 0. The zero-order chi connectivity index (χ0) is 22.6. The van der Waals surface area contributed by atoms with Gasteiger partial charge in [0.15, 0.2) is 5.65 Å². The van der Waals surface area contributed by atoms with Gasteiger partial charge in [-0.3, -0.25) is 4.79 Å². The highest BCUT2D eigenvalue weighted by Gasteiger charge is 2.37. The molecule has 168 valence electrons. The Morgan fingerprint density at radius 1 is 1.34 bits per heavy atom. The van der Waals surface area contributed by atoms with Crippen LogP contribution in [-0.4, -0.2) is 51.4 Å². The molecule has 3 aromatic rings. The Kier molecular flexibility index (Phi) is 4.75. The lowest BCUT2D eigenvalue weighted by molar-refractivity contribution is 0.0917. The number of anilines is 1. The van der Waals surface area contributed by atoms with Gasteiger partial charge in [-0.05, 0) is 19.1 Å². The van der Waals surface area contributed by atoms with Crippen LogP contribution in [0.5, 0.6) is 5.88 Å². The smallest absolute Gasteiger partial charge is 0.257 e. The minimum Gasteiger partial charge on any atom is -0.477 e. The van der Waals surface area contributed by atoms with E-state index in [4.69, 9.17) is 4.74 Å². The van der Waals surface area contributed by atoms with Gasteiger partial charge in [0.25, 0.3) is 5.91 Å². The van der Waals surface area contributed by atoms with Crippen molar-refractivity contribution < 1.29 is 18.3 Å². The van der Waals surface area contributed by atoms with Gasteiger partial charge in [-0.15, -0.1) is 0 Å². The first-order valence-corrected chi connectivity index (χ1v) is 10.5. The van der Waals surface area contributed by atoms with Crippen LogP contribution < -0.4 is 15.0 Å². The first-order valence-electron chi connectivity index (χ1n) is 10.5. The van der Waals surface area contributed by atoms with Crippen molar-refractivity contribution in [3.8, 4) is 5.88 Å². The predicted octanol–water partition coefficient (Wildman–Crippen LogP) is 3.01. The topological polar surface area (TPSA) is 84.7 Å². The fourth-order valence-corrected chi connectivity index (χ4v) is 4.31. The van der Waals surface area contributed by atoms with Crippen LogP contribution in [0.15, 0.2) is 24.5 Å². The predicted molar refractivity (Wildman–Crippen MR) is 113 cm³/mol. The van der Waals surface area contributed by atoms with Crippen molar-refractivity contribution in [2.75, 3.05) is 24.6 Å². The second-order valence-corrected chi connectivity index (χ2v) is 9.20. The molecule has 1 N–H and O–H groups in total. The number of alkyl halides is 1. The van der Waals surface area contributed by atoms with Crippen molar-refractivity contribution in [1.82, 2.24) is 24.9 Å². The summed E-state index contributed by atoms with van der Waals surface area (Å²) in [5.41, 5.74) is 1.35. The average molecular weight is 442 g/mol. The minimum absolute atomic E-state index is 0.0872. The van der Waals surface area contributed by atoms with Crippen molar-refractivity contribution in [1.29, 1.82) is 0 Å². The van der Waals surface area contributed by atoms with Crippen molar-refractivity contribution in [2.24, 2.45) is 5.41 Å². The Labute approximate surface area is 183 Å². The fraction of sp³-hybridized carbons (Fsp3) is 0.455. The molecular weight excluding hydrogens is 418 g/mol. The van der Waals surface area contributed by atoms with Gasteiger partial charge < -0.3 is 15.0 Å². The van der Waals surface area contributed by atoms with Gasteiger partial charge in [-0.2, -0.15) is 5.10 Å². The quantitative estimate of drug-likeness (QED) is 0.576. The number of rotatable bonds is 0. The molecule has 2 aliphatic heterocycles. The van der Waals surface area contributed by atoms with E-state index in [2.05, 4.69) is 20.4 Å². The maximum atomic E-state index is 14.6. The van der Waals surface area contributed by atoms with Gasteiger partial charge >= 0.3 is 0 Å². The first kappa shape index (κ1) is 20.6. The number of halogens is 2. The summed E-state index contributed by atoms with van der Waals surface area (Å²) in [4.78, 5) is 23.6. The van der Waals surface area contributed by atoms with Gasteiger partial charge in [0.1, 0.15) is 23.4 Å². The van der Waals surface area contributed by atoms with Gasteiger partial charge in [0.2, 0.25) is 5.88 Å². The normalized spacial score (nSPS) is 22.8. The zero-order valence-electron chi connectivity index (χ0n) is 18.1. The molecule has 5 rings (SSSR count). The third-order valence-electron chi connectivity index (χ3n) is 5.95. The van der Waals surface area contributed by atoms with Gasteiger partial charge in [0.05, 0.1) is 31.1 Å². The molecule has 0 saturated carbocycles. The van der Waals surface area contributed by atoms with Crippen LogP contribution in [0.3, 0.4) is 0 Å². The summed E-state index contributed by atoms with van der Waals surface area (Å²) in [6, 6.07) is 2.56. The van der Waals surface area contributed by atoms with Crippen molar-refractivity contribution in [2.45, 2.75) is 39.4 Å². The zero-order valence-corrected chi connectivity index (χ0v) is 18.1. The molecule has 0 aliphatic carbocycles. The van der Waals surface area contributed by atoms with E-state index in [0.717, 1.165) is 6.20 Å². The second-order valence-electron chi connectivity index (χ2n) is 9.20. The van der Waals surface area contributed by atoms with E-state index in [-0.39, 0.29) is 31.4 Å². The number of amides is 1. The van der Waals surface area contributed by atoms with Crippen LogP contribution in [0.1, 0.15) is 47.9 Å². The summed E-state index contributed by atoms with van der Waals surface area (Å²) in [5, 5.41) is 7.34. The molecule has 0 radical (unpaired) electrons. The van der Waals surface area contributed by atoms with E-state index in [1.807, 2.05) is 13.8 Å². The van der Waals surface area contributed by atoms with E-state index in [0.29, 0.717) is 34.8 Å². The first-order chi connectivity index (χ1) is 15.2. The molecule has 5 heterocycles. The number of aryl methyl sites for hydroxylation is 1. The Bertz CT molecular complexity index is 1210. The summed E-state index contributed by atoms with van der Waals surface area (Å²) < 4.78 is 36.3. The lowest BCUT2D eigenvalue weighted by atomic mass is 9.94. The average Bonchev–Trinajstić information content (AvgIpc) is 3.29. The van der Waals surface area contributed by atoms with E-state index >= 15 is 0 Å². The van der Waals surface area contributed by atoms with Crippen LogP contribution in [0.2, 0.25) is 0 Å². The van der Waals surface area contributed by atoms with Crippen LogP contribution in [-0.2, 0) is 0 Å². The number of hydrogen-bond acceptors (Lipinski definition) is 6. The molecule has 2 aliphatic rings. The highest BCUT2D eigenvalue weighted by atomic mass is 19.1. The number of nitrogens with one attached hydrogen (secondary N) is 1. The highest BCUT2D eigenvalue weighted by Crippen LogP contribution is 2.40. The molecule has 3 aromatic heterocycles. The number of hydrogen-bond donors (Lipinski definition) is 1. The molecule has 8 nitrogen and oxygen atoms in total. The van der Waals surface area contributed by atoms with E-state index in [1.165, 1.54) is 6.07 Å². The number of carbonyl (C=O) groups excluding carboxylic acids is 1. The van der Waals surface area contributed by atoms with E-state index in [9.17, 15) is 13.6 Å². The molecular formula is C22H24F2N6O2. The van der Waals surface area contributed by atoms with Crippen LogP contribution >= 0.6 is 0 Å². The van der Waals surface area contributed by atoms with Crippen molar-refractivity contribution >= 4 is 17.4 Å². The lowest BCUT2D eigenvalue weighted by Gasteiger charge is -2.29.